The second kappa shape index (κ2) is 2.40. The third-order valence-electron chi connectivity index (χ3n) is 1.60. The van der Waals surface area contributed by atoms with Gasteiger partial charge in [0.1, 0.15) is 5.76 Å². The van der Waals surface area contributed by atoms with E-state index in [-0.39, 0.29) is 0 Å². The molecule has 1 N–H and O–H groups in total. The number of fused-ring (bicyclic) bond motifs is 1. The van der Waals surface area contributed by atoms with E-state index in [9.17, 15) is 8.78 Å². The molecule has 66 valence electrons. The van der Waals surface area contributed by atoms with Gasteiger partial charge >= 0.3 is 5.38 Å². The fraction of sp³-hybridized carbons (Fsp3) is 0.500. The third-order valence-corrected chi connectivity index (χ3v) is 1.76. The van der Waals surface area contributed by atoms with Gasteiger partial charge < -0.3 is 9.73 Å². The van der Waals surface area contributed by atoms with Crippen LogP contribution in [0.3, 0.4) is 0 Å². The molecule has 1 aliphatic rings. The quantitative estimate of drug-likeness (QED) is 0.690. The van der Waals surface area contributed by atoms with Crippen molar-refractivity contribution in [3.05, 3.63) is 17.3 Å². The van der Waals surface area contributed by atoms with Gasteiger partial charge in [0.2, 0.25) is 0 Å². The van der Waals surface area contributed by atoms with Crippen molar-refractivity contribution in [2.24, 2.45) is 0 Å². The van der Waals surface area contributed by atoms with Crippen LogP contribution in [0.25, 0.3) is 0 Å². The highest BCUT2D eigenvalue weighted by Gasteiger charge is 2.36. The SMILES string of the molecule is FC(F)(Cl)c1nc2c(o1)CNC2. The molecule has 1 aliphatic heterocycles. The molecule has 0 saturated carbocycles. The number of oxazole rings is 1. The standard InChI is InChI=1S/C6H5ClF2N2O/c7-6(8,9)5-11-3-1-10-2-4(3)12-5/h10H,1-2H2. The van der Waals surface area contributed by atoms with Gasteiger partial charge in [0, 0.05) is 6.54 Å². The second-order valence-corrected chi connectivity index (χ2v) is 2.96. The van der Waals surface area contributed by atoms with Crippen LogP contribution in [0.1, 0.15) is 17.3 Å². The predicted molar refractivity (Wildman–Crippen MR) is 36.8 cm³/mol. The number of rotatable bonds is 1. The minimum atomic E-state index is -3.50. The van der Waals surface area contributed by atoms with E-state index in [1.807, 2.05) is 0 Å². The van der Waals surface area contributed by atoms with Gasteiger partial charge in [0.05, 0.1) is 12.2 Å². The summed E-state index contributed by atoms with van der Waals surface area (Å²) in [5, 5.41) is -0.594. The van der Waals surface area contributed by atoms with Crippen LogP contribution in [-0.2, 0) is 18.5 Å². The van der Waals surface area contributed by atoms with Crippen LogP contribution >= 0.6 is 11.6 Å². The van der Waals surface area contributed by atoms with E-state index in [2.05, 4.69) is 10.3 Å². The molecule has 12 heavy (non-hydrogen) atoms. The van der Waals surface area contributed by atoms with Crippen molar-refractivity contribution in [3.63, 3.8) is 0 Å². The first kappa shape index (κ1) is 7.94. The lowest BCUT2D eigenvalue weighted by atomic mass is 10.4. The molecule has 2 heterocycles. The Morgan fingerprint density at radius 3 is 2.83 bits per heavy atom. The third kappa shape index (κ3) is 1.19. The highest BCUT2D eigenvalue weighted by molar-refractivity contribution is 6.21. The molecule has 0 atom stereocenters. The monoisotopic (exact) mass is 194 g/mol. The maximum Gasteiger partial charge on any atom is 0.397 e. The number of aromatic nitrogens is 1. The predicted octanol–water partition coefficient (Wildman–Crippen LogP) is 1.57. The highest BCUT2D eigenvalue weighted by Crippen LogP contribution is 2.33. The number of hydrogen-bond acceptors (Lipinski definition) is 3. The zero-order valence-electron chi connectivity index (χ0n) is 5.90. The zero-order valence-corrected chi connectivity index (χ0v) is 6.66. The van der Waals surface area contributed by atoms with E-state index in [1.165, 1.54) is 0 Å². The fourth-order valence-electron chi connectivity index (χ4n) is 1.08. The summed E-state index contributed by atoms with van der Waals surface area (Å²) in [5.41, 5.74) is 0.519. The van der Waals surface area contributed by atoms with Crippen LogP contribution in [0.15, 0.2) is 4.42 Å². The number of halogens is 3. The lowest BCUT2D eigenvalue weighted by molar-refractivity contribution is 0.0605. The minimum absolute atomic E-state index is 0.440. The van der Waals surface area contributed by atoms with E-state index < -0.39 is 11.3 Å². The fourth-order valence-corrected chi connectivity index (χ4v) is 1.16. The number of nitrogens with one attached hydrogen (secondary N) is 1. The molecule has 0 fully saturated rings. The van der Waals surface area contributed by atoms with Crippen molar-refractivity contribution in [1.82, 2.24) is 10.3 Å². The summed E-state index contributed by atoms with van der Waals surface area (Å²) in [5.74, 6) is -0.263. The Hall–Kier alpha value is -0.680. The Morgan fingerprint density at radius 1 is 1.50 bits per heavy atom. The van der Waals surface area contributed by atoms with Crippen LogP contribution in [0.2, 0.25) is 0 Å². The van der Waals surface area contributed by atoms with E-state index >= 15 is 0 Å². The lowest BCUT2D eigenvalue weighted by Crippen LogP contribution is -2.07. The van der Waals surface area contributed by atoms with Crippen LogP contribution < -0.4 is 5.32 Å². The Balaban J connectivity index is 2.38. The Morgan fingerprint density at radius 2 is 2.25 bits per heavy atom. The first-order valence-electron chi connectivity index (χ1n) is 3.34. The largest absolute Gasteiger partial charge is 0.437 e. The molecule has 0 amide bonds. The van der Waals surface area contributed by atoms with Crippen molar-refractivity contribution in [2.75, 3.05) is 0 Å². The van der Waals surface area contributed by atoms with Crippen LogP contribution in [0, 0.1) is 0 Å². The van der Waals surface area contributed by atoms with Gasteiger partial charge in [0.25, 0.3) is 5.89 Å². The van der Waals surface area contributed by atoms with Crippen molar-refractivity contribution < 1.29 is 13.2 Å². The number of hydrogen-bond donors (Lipinski definition) is 1. The van der Waals surface area contributed by atoms with E-state index in [0.29, 0.717) is 24.5 Å². The minimum Gasteiger partial charge on any atom is -0.437 e. The summed E-state index contributed by atoms with van der Waals surface area (Å²) in [6.07, 6.45) is 0. The average Bonchev–Trinajstić information content (AvgIpc) is 2.37. The summed E-state index contributed by atoms with van der Waals surface area (Å²) in [6.45, 7) is 0.904. The second-order valence-electron chi connectivity index (χ2n) is 2.49. The summed E-state index contributed by atoms with van der Waals surface area (Å²) < 4.78 is 29.5. The summed E-state index contributed by atoms with van der Waals surface area (Å²) in [7, 11) is 0. The smallest absolute Gasteiger partial charge is 0.397 e. The molecule has 0 saturated heterocycles. The molecule has 1 aromatic heterocycles. The summed E-state index contributed by atoms with van der Waals surface area (Å²) in [6, 6.07) is 0. The molecular weight excluding hydrogens is 190 g/mol. The molecule has 1 aromatic rings. The molecule has 0 aromatic carbocycles. The van der Waals surface area contributed by atoms with Crippen molar-refractivity contribution in [1.29, 1.82) is 0 Å². The van der Waals surface area contributed by atoms with E-state index in [1.54, 1.807) is 0 Å². The zero-order chi connectivity index (χ0) is 8.77. The van der Waals surface area contributed by atoms with Crippen LogP contribution in [0.5, 0.6) is 0 Å². The van der Waals surface area contributed by atoms with Crippen molar-refractivity contribution in [3.8, 4) is 0 Å². The number of nitrogens with zero attached hydrogens (tertiary/aromatic N) is 1. The van der Waals surface area contributed by atoms with Crippen LogP contribution in [-0.4, -0.2) is 4.98 Å². The average molecular weight is 195 g/mol. The van der Waals surface area contributed by atoms with E-state index in [4.69, 9.17) is 16.0 Å². The highest BCUT2D eigenvalue weighted by atomic mass is 35.5. The van der Waals surface area contributed by atoms with Gasteiger partial charge in [-0.3, -0.25) is 0 Å². The van der Waals surface area contributed by atoms with Gasteiger partial charge in [-0.1, -0.05) is 0 Å². The van der Waals surface area contributed by atoms with Gasteiger partial charge in [-0.2, -0.15) is 8.78 Å². The topological polar surface area (TPSA) is 38.1 Å². The molecule has 0 unspecified atom stereocenters. The lowest BCUT2D eigenvalue weighted by Gasteiger charge is -2.00. The molecule has 0 radical (unpaired) electrons. The molecule has 0 bridgehead atoms. The van der Waals surface area contributed by atoms with Gasteiger partial charge in [-0.25, -0.2) is 4.98 Å². The van der Waals surface area contributed by atoms with Gasteiger partial charge in [0.15, 0.2) is 0 Å². The molecule has 3 nitrogen and oxygen atoms in total. The Kier molecular flexibility index (Phi) is 1.59. The maximum atomic E-state index is 12.4. The molecule has 6 heteroatoms. The van der Waals surface area contributed by atoms with Crippen molar-refractivity contribution >= 4 is 11.6 Å². The van der Waals surface area contributed by atoms with Gasteiger partial charge in [-0.05, 0) is 11.6 Å². The Bertz CT molecular complexity index is 285. The summed E-state index contributed by atoms with van der Waals surface area (Å²) >= 11 is 4.71. The summed E-state index contributed by atoms with van der Waals surface area (Å²) in [4.78, 5) is 3.55. The number of alkyl halides is 3. The van der Waals surface area contributed by atoms with Crippen LogP contribution in [0.4, 0.5) is 8.78 Å². The Labute approximate surface area is 71.7 Å². The molecule has 0 spiro atoms. The first-order chi connectivity index (χ1) is 5.57. The maximum absolute atomic E-state index is 12.4. The molecular formula is C6H5ClF2N2O. The van der Waals surface area contributed by atoms with Crippen molar-refractivity contribution in [2.45, 2.75) is 18.5 Å². The molecule has 2 rings (SSSR count). The normalized spacial score (nSPS) is 16.6. The molecule has 0 aliphatic carbocycles. The first-order valence-corrected chi connectivity index (χ1v) is 3.71. The van der Waals surface area contributed by atoms with E-state index in [0.717, 1.165) is 0 Å². The van der Waals surface area contributed by atoms with Gasteiger partial charge in [-0.15, -0.1) is 0 Å².